The second-order valence-corrected chi connectivity index (χ2v) is 9.79. The minimum atomic E-state index is -3.64. The summed E-state index contributed by atoms with van der Waals surface area (Å²) >= 11 is 0. The molecule has 0 bridgehead atoms. The van der Waals surface area contributed by atoms with Crippen molar-refractivity contribution in [3.8, 4) is 0 Å². The number of benzene rings is 2. The van der Waals surface area contributed by atoms with Crippen LogP contribution in [-0.4, -0.2) is 32.3 Å². The maximum Gasteiger partial charge on any atom is 0.241 e. The zero-order chi connectivity index (χ0) is 21.2. The van der Waals surface area contributed by atoms with Crippen LogP contribution in [0.4, 0.5) is 11.4 Å². The molecule has 1 aliphatic heterocycles. The molecule has 0 aliphatic carbocycles. The third kappa shape index (κ3) is 5.21. The van der Waals surface area contributed by atoms with E-state index in [2.05, 4.69) is 10.0 Å². The number of para-hydroxylation sites is 1. The van der Waals surface area contributed by atoms with E-state index in [0.29, 0.717) is 12.2 Å². The molecule has 0 unspecified atom stereocenters. The number of carbonyl (C=O) groups excluding carboxylic acids is 2. The van der Waals surface area contributed by atoms with Crippen LogP contribution in [0.5, 0.6) is 0 Å². The lowest BCUT2D eigenvalue weighted by Gasteiger charge is -2.20. The standard InChI is InChI=1S/C21H25N3O4S/c1-21(2,3)23-29(27,28)18-11-9-16(10-12-18)22-20(26)15-13-19(25)24(14-15)17-7-5-4-6-8-17/h4-12,15,23H,13-14H2,1-3H3,(H,22,26)/t15-/m0/s1. The van der Waals surface area contributed by atoms with Gasteiger partial charge in [-0.15, -0.1) is 0 Å². The molecule has 2 N–H and O–H groups in total. The molecule has 29 heavy (non-hydrogen) atoms. The molecule has 154 valence electrons. The van der Waals surface area contributed by atoms with E-state index >= 15 is 0 Å². The van der Waals surface area contributed by atoms with Crippen LogP contribution in [0.2, 0.25) is 0 Å². The highest BCUT2D eigenvalue weighted by Gasteiger charge is 2.35. The van der Waals surface area contributed by atoms with Gasteiger partial charge in [0, 0.05) is 29.9 Å². The van der Waals surface area contributed by atoms with E-state index in [4.69, 9.17) is 0 Å². The summed E-state index contributed by atoms with van der Waals surface area (Å²) in [6, 6.07) is 15.2. The Hall–Kier alpha value is -2.71. The summed E-state index contributed by atoms with van der Waals surface area (Å²) < 4.78 is 27.3. The maximum atomic E-state index is 12.6. The molecule has 0 spiro atoms. The fourth-order valence-corrected chi connectivity index (χ4v) is 4.58. The quantitative estimate of drug-likeness (QED) is 0.785. The molecule has 1 fully saturated rings. The molecule has 1 heterocycles. The van der Waals surface area contributed by atoms with Gasteiger partial charge in [-0.05, 0) is 57.2 Å². The highest BCUT2D eigenvalue weighted by Crippen LogP contribution is 2.26. The van der Waals surface area contributed by atoms with Crippen molar-refractivity contribution in [1.29, 1.82) is 0 Å². The number of nitrogens with zero attached hydrogens (tertiary/aromatic N) is 1. The number of rotatable bonds is 5. The Bertz CT molecular complexity index is 996. The fourth-order valence-electron chi connectivity index (χ4n) is 3.16. The Morgan fingerprint density at radius 3 is 2.24 bits per heavy atom. The lowest BCUT2D eigenvalue weighted by atomic mass is 10.1. The Balaban J connectivity index is 1.65. The normalized spacial score (nSPS) is 17.4. The van der Waals surface area contributed by atoms with Gasteiger partial charge in [0.1, 0.15) is 0 Å². The van der Waals surface area contributed by atoms with Gasteiger partial charge >= 0.3 is 0 Å². The minimum absolute atomic E-state index is 0.0916. The van der Waals surface area contributed by atoms with Gasteiger partial charge in [-0.3, -0.25) is 9.59 Å². The summed E-state index contributed by atoms with van der Waals surface area (Å²) in [7, 11) is -3.64. The average Bonchev–Trinajstić information content (AvgIpc) is 3.03. The van der Waals surface area contributed by atoms with Crippen molar-refractivity contribution in [2.75, 3.05) is 16.8 Å². The molecular weight excluding hydrogens is 390 g/mol. The molecule has 3 rings (SSSR count). The highest BCUT2D eigenvalue weighted by atomic mass is 32.2. The number of sulfonamides is 1. The van der Waals surface area contributed by atoms with Crippen molar-refractivity contribution in [1.82, 2.24) is 4.72 Å². The van der Waals surface area contributed by atoms with Crippen LogP contribution in [0, 0.1) is 5.92 Å². The summed E-state index contributed by atoms with van der Waals surface area (Å²) in [5.41, 5.74) is 0.662. The predicted octanol–water partition coefficient (Wildman–Crippen LogP) is 2.76. The SMILES string of the molecule is CC(C)(C)NS(=O)(=O)c1ccc(NC(=O)[C@H]2CC(=O)N(c3ccccc3)C2)cc1. The van der Waals surface area contributed by atoms with Crippen LogP contribution in [-0.2, 0) is 19.6 Å². The molecule has 1 atom stereocenters. The van der Waals surface area contributed by atoms with Gasteiger partial charge in [0.15, 0.2) is 0 Å². The maximum absolute atomic E-state index is 12.6. The Morgan fingerprint density at radius 1 is 1.03 bits per heavy atom. The Labute approximate surface area is 171 Å². The van der Waals surface area contributed by atoms with Crippen molar-refractivity contribution in [3.05, 3.63) is 54.6 Å². The minimum Gasteiger partial charge on any atom is -0.326 e. The molecule has 2 aromatic carbocycles. The number of nitrogens with one attached hydrogen (secondary N) is 2. The summed E-state index contributed by atoms with van der Waals surface area (Å²) in [6.07, 6.45) is 0.142. The average molecular weight is 416 g/mol. The van der Waals surface area contributed by atoms with Gasteiger partial charge in [0.05, 0.1) is 10.8 Å². The van der Waals surface area contributed by atoms with Crippen LogP contribution in [0.25, 0.3) is 0 Å². The van der Waals surface area contributed by atoms with Crippen LogP contribution in [0.3, 0.4) is 0 Å². The molecule has 0 radical (unpaired) electrons. The number of hydrogen-bond acceptors (Lipinski definition) is 4. The summed E-state index contributed by atoms with van der Waals surface area (Å²) in [6.45, 7) is 5.61. The smallest absolute Gasteiger partial charge is 0.241 e. The largest absolute Gasteiger partial charge is 0.326 e. The lowest BCUT2D eigenvalue weighted by molar-refractivity contribution is -0.122. The Kier molecular flexibility index (Phi) is 5.77. The van der Waals surface area contributed by atoms with Gasteiger partial charge in [0.25, 0.3) is 0 Å². The summed E-state index contributed by atoms with van der Waals surface area (Å²) in [4.78, 5) is 26.6. The molecule has 2 aromatic rings. The molecule has 2 amide bonds. The van der Waals surface area contributed by atoms with E-state index in [1.54, 1.807) is 37.8 Å². The van der Waals surface area contributed by atoms with E-state index in [9.17, 15) is 18.0 Å². The van der Waals surface area contributed by atoms with Crippen LogP contribution >= 0.6 is 0 Å². The second-order valence-electron chi connectivity index (χ2n) is 8.11. The first-order valence-corrected chi connectivity index (χ1v) is 10.8. The predicted molar refractivity (Wildman–Crippen MR) is 112 cm³/mol. The second kappa shape index (κ2) is 7.96. The highest BCUT2D eigenvalue weighted by molar-refractivity contribution is 7.89. The van der Waals surface area contributed by atoms with Crippen LogP contribution < -0.4 is 14.9 Å². The van der Waals surface area contributed by atoms with E-state index in [1.807, 2.05) is 30.3 Å². The van der Waals surface area contributed by atoms with Crippen molar-refractivity contribution < 1.29 is 18.0 Å². The number of amides is 2. The first-order chi connectivity index (χ1) is 13.5. The third-order valence-electron chi connectivity index (χ3n) is 4.44. The molecule has 0 aromatic heterocycles. The zero-order valence-electron chi connectivity index (χ0n) is 16.7. The third-order valence-corrected chi connectivity index (χ3v) is 6.21. The molecule has 0 saturated carbocycles. The van der Waals surface area contributed by atoms with Gasteiger partial charge in [-0.1, -0.05) is 18.2 Å². The number of hydrogen-bond donors (Lipinski definition) is 2. The molecule has 1 aliphatic rings. The van der Waals surface area contributed by atoms with Crippen molar-refractivity contribution in [3.63, 3.8) is 0 Å². The van der Waals surface area contributed by atoms with E-state index in [-0.39, 0.29) is 23.1 Å². The Morgan fingerprint density at radius 2 is 1.66 bits per heavy atom. The molecular formula is C21H25N3O4S. The number of anilines is 2. The molecule has 7 nitrogen and oxygen atoms in total. The van der Waals surface area contributed by atoms with Crippen molar-refractivity contribution in [2.45, 2.75) is 37.6 Å². The van der Waals surface area contributed by atoms with Gasteiger partial charge < -0.3 is 10.2 Å². The van der Waals surface area contributed by atoms with E-state index in [1.165, 1.54) is 12.1 Å². The molecule has 1 saturated heterocycles. The van der Waals surface area contributed by atoms with Crippen LogP contribution in [0.1, 0.15) is 27.2 Å². The molecule has 8 heteroatoms. The fraction of sp³-hybridized carbons (Fsp3) is 0.333. The zero-order valence-corrected chi connectivity index (χ0v) is 17.5. The topological polar surface area (TPSA) is 95.6 Å². The van der Waals surface area contributed by atoms with Gasteiger partial charge in [0.2, 0.25) is 21.8 Å². The lowest BCUT2D eigenvalue weighted by Crippen LogP contribution is -2.40. The first kappa shape index (κ1) is 21.0. The van der Waals surface area contributed by atoms with Crippen molar-refractivity contribution in [2.24, 2.45) is 5.92 Å². The first-order valence-electron chi connectivity index (χ1n) is 9.35. The van der Waals surface area contributed by atoms with E-state index in [0.717, 1.165) is 5.69 Å². The number of carbonyl (C=O) groups is 2. The van der Waals surface area contributed by atoms with E-state index < -0.39 is 21.5 Å². The van der Waals surface area contributed by atoms with Crippen molar-refractivity contribution >= 4 is 33.2 Å². The van der Waals surface area contributed by atoms with Crippen LogP contribution in [0.15, 0.2) is 59.5 Å². The van der Waals surface area contributed by atoms with Gasteiger partial charge in [-0.2, -0.15) is 0 Å². The summed E-state index contributed by atoms with van der Waals surface area (Å²) in [5, 5.41) is 2.77. The monoisotopic (exact) mass is 415 g/mol. The summed E-state index contributed by atoms with van der Waals surface area (Å²) in [5.74, 6) is -0.820. The van der Waals surface area contributed by atoms with Gasteiger partial charge in [-0.25, -0.2) is 13.1 Å².